The number of fused-ring (bicyclic) bond motifs is 1. The van der Waals surface area contributed by atoms with Crippen molar-refractivity contribution in [1.29, 1.82) is 0 Å². The van der Waals surface area contributed by atoms with E-state index in [9.17, 15) is 9.90 Å². The fourth-order valence-electron chi connectivity index (χ4n) is 5.75. The summed E-state index contributed by atoms with van der Waals surface area (Å²) < 4.78 is 22.9. The maximum atomic E-state index is 15.8. The van der Waals surface area contributed by atoms with Crippen LogP contribution in [0.3, 0.4) is 0 Å². The molecule has 0 saturated carbocycles. The van der Waals surface area contributed by atoms with Gasteiger partial charge in [0.1, 0.15) is 5.54 Å². The summed E-state index contributed by atoms with van der Waals surface area (Å²) in [5, 5.41) is 11.2. The van der Waals surface area contributed by atoms with E-state index in [0.717, 1.165) is 16.7 Å². The summed E-state index contributed by atoms with van der Waals surface area (Å²) in [5.41, 5.74) is -1.45. The third-order valence-electron chi connectivity index (χ3n) is 7.61. The molecule has 42 heavy (non-hydrogen) atoms. The lowest BCUT2D eigenvalue weighted by atomic mass is 9.76. The monoisotopic (exact) mass is 565 g/mol. The van der Waals surface area contributed by atoms with Crippen LogP contribution in [-0.2, 0) is 15.1 Å². The predicted molar refractivity (Wildman–Crippen MR) is 155 cm³/mol. The lowest BCUT2D eigenvalue weighted by molar-refractivity contribution is -0.0473. The van der Waals surface area contributed by atoms with Crippen LogP contribution in [0.4, 0.5) is 10.3 Å². The van der Waals surface area contributed by atoms with Crippen LogP contribution in [0, 0.1) is 12.3 Å². The Morgan fingerprint density at radius 3 is 2.12 bits per heavy atom. The highest BCUT2D eigenvalue weighted by molar-refractivity contribution is 5.72. The van der Waals surface area contributed by atoms with Crippen molar-refractivity contribution in [2.24, 2.45) is 0 Å². The molecule has 3 aromatic carbocycles. The highest BCUT2D eigenvalue weighted by Gasteiger charge is 2.50. The number of nitrogens with one attached hydrogen (secondary N) is 1. The first kappa shape index (κ1) is 27.4. The van der Waals surface area contributed by atoms with Gasteiger partial charge in [-0.2, -0.15) is 4.98 Å². The Morgan fingerprint density at radius 1 is 1.10 bits per heavy atom. The third-order valence-corrected chi connectivity index (χ3v) is 7.61. The number of hydrogen-bond acceptors (Lipinski definition) is 7. The molecule has 0 radical (unpaired) electrons. The second-order valence-corrected chi connectivity index (χ2v) is 10.0. The maximum Gasteiger partial charge on any atom is 0.280 e. The molecule has 2 aromatic heterocycles. The third kappa shape index (κ3) is 4.26. The van der Waals surface area contributed by atoms with Gasteiger partial charge in [0, 0.05) is 6.42 Å². The number of halogens is 1. The lowest BCUT2D eigenvalue weighted by Gasteiger charge is -2.43. The topological polar surface area (TPSA) is 105 Å². The summed E-state index contributed by atoms with van der Waals surface area (Å²) >= 11 is 0. The van der Waals surface area contributed by atoms with Crippen molar-refractivity contribution >= 4 is 17.1 Å². The van der Waals surface area contributed by atoms with Crippen LogP contribution in [0.5, 0.6) is 0 Å². The number of H-pyrrole nitrogens is 1. The molecule has 1 saturated heterocycles. The van der Waals surface area contributed by atoms with Crippen molar-refractivity contribution in [2.75, 3.05) is 18.8 Å². The Labute approximate surface area is 241 Å². The molecule has 0 bridgehead atoms. The molecule has 2 N–H and O–H groups in total. The zero-order chi connectivity index (χ0) is 29.3. The number of nitrogens with zero attached hydrogens (tertiary/aromatic N) is 4. The fraction of sp³-hybridized carbons (Fsp3) is 0.219. The Balaban J connectivity index is 1.62. The van der Waals surface area contributed by atoms with E-state index in [0.29, 0.717) is 0 Å². The number of anilines is 1. The number of aliphatic hydroxyl groups is 1. The van der Waals surface area contributed by atoms with Crippen LogP contribution >= 0.6 is 0 Å². The molecule has 1 aliphatic rings. The van der Waals surface area contributed by atoms with E-state index < -0.39 is 35.7 Å². The van der Waals surface area contributed by atoms with Gasteiger partial charge >= 0.3 is 0 Å². The first-order valence-electron chi connectivity index (χ1n) is 13.4. The number of imidazole rings is 1. The van der Waals surface area contributed by atoms with E-state index in [-0.39, 0.29) is 23.5 Å². The number of rotatable bonds is 8. The molecule has 1 fully saturated rings. The minimum Gasteiger partial charge on any atom is -0.394 e. The SMILES string of the molecule is C#C[C@]1(F)C[C@@H](CO)O[C@H]1n1cnc2c(=O)[nH]c(N(OC)C(c3ccccc3)(c3ccccc3)c3ccccc3)nc21. The molecule has 0 amide bonds. The molecule has 5 aromatic rings. The summed E-state index contributed by atoms with van der Waals surface area (Å²) in [7, 11) is 1.49. The molecule has 3 atom stereocenters. The van der Waals surface area contributed by atoms with E-state index in [1.54, 1.807) is 0 Å². The van der Waals surface area contributed by atoms with Gasteiger partial charge in [-0.05, 0) is 16.7 Å². The van der Waals surface area contributed by atoms with E-state index in [2.05, 4.69) is 15.9 Å². The molecule has 212 valence electrons. The number of aliphatic hydroxyl groups excluding tert-OH is 1. The minimum absolute atomic E-state index is 0.0324. The molecular weight excluding hydrogens is 537 g/mol. The van der Waals surface area contributed by atoms with E-state index in [1.165, 1.54) is 23.1 Å². The maximum absolute atomic E-state index is 15.8. The Kier molecular flexibility index (Phi) is 7.08. The lowest BCUT2D eigenvalue weighted by Crippen LogP contribution is -2.49. The van der Waals surface area contributed by atoms with Gasteiger partial charge in [-0.25, -0.2) is 14.4 Å². The number of hydrogen-bond donors (Lipinski definition) is 2. The first-order valence-corrected chi connectivity index (χ1v) is 13.4. The van der Waals surface area contributed by atoms with Gasteiger partial charge < -0.3 is 9.84 Å². The van der Waals surface area contributed by atoms with Gasteiger partial charge in [-0.3, -0.25) is 19.2 Å². The van der Waals surface area contributed by atoms with Crippen LogP contribution in [0.1, 0.15) is 29.3 Å². The van der Waals surface area contributed by atoms with Crippen molar-refractivity contribution in [2.45, 2.75) is 30.0 Å². The average molecular weight is 566 g/mol. The molecule has 0 spiro atoms. The highest BCUT2D eigenvalue weighted by Crippen LogP contribution is 2.45. The Morgan fingerprint density at radius 2 is 1.64 bits per heavy atom. The molecule has 3 heterocycles. The largest absolute Gasteiger partial charge is 0.394 e. The van der Waals surface area contributed by atoms with Gasteiger partial charge in [0.15, 0.2) is 17.4 Å². The van der Waals surface area contributed by atoms with E-state index in [1.807, 2.05) is 91.0 Å². The van der Waals surface area contributed by atoms with Crippen LogP contribution < -0.4 is 10.6 Å². The van der Waals surface area contributed by atoms with Crippen LogP contribution in [0.15, 0.2) is 102 Å². The summed E-state index contributed by atoms with van der Waals surface area (Å²) in [6.07, 6.45) is 4.43. The van der Waals surface area contributed by atoms with Gasteiger partial charge in [0.05, 0.1) is 26.1 Å². The normalized spacial score (nSPS) is 20.4. The number of hydroxylamine groups is 1. The zero-order valence-electron chi connectivity index (χ0n) is 22.7. The van der Waals surface area contributed by atoms with Crippen LogP contribution in [-0.4, -0.2) is 50.1 Å². The summed E-state index contributed by atoms with van der Waals surface area (Å²) in [6.45, 7) is -0.416. The molecular formula is C32H28FN5O4. The number of benzene rings is 3. The molecule has 1 aliphatic heterocycles. The van der Waals surface area contributed by atoms with Crippen molar-refractivity contribution in [3.8, 4) is 12.3 Å². The standard InChI is InChI=1S/C32H28FN5O4/c1-3-31(33)19-25(20-39)42-29(31)37-21-34-26-27(37)35-30(36-28(26)40)38(41-2)32(22-13-7-4-8-14-22,23-15-9-5-10-16-23)24-17-11-6-12-18-24/h1,4-18,21,25,29,39H,19-20H2,2H3,(H,35,36,40)/t25-,29+,31-/m0/s1. The van der Waals surface area contributed by atoms with Crippen molar-refractivity contribution in [3.05, 3.63) is 124 Å². The number of alkyl halides is 1. The predicted octanol–water partition coefficient (Wildman–Crippen LogP) is 4.10. The van der Waals surface area contributed by atoms with Crippen LogP contribution in [0.25, 0.3) is 11.2 Å². The number of aromatic nitrogens is 4. The zero-order valence-corrected chi connectivity index (χ0v) is 22.7. The molecule has 0 aliphatic carbocycles. The molecule has 9 nitrogen and oxygen atoms in total. The molecule has 10 heteroatoms. The second-order valence-electron chi connectivity index (χ2n) is 10.0. The smallest absolute Gasteiger partial charge is 0.280 e. The summed E-state index contributed by atoms with van der Waals surface area (Å²) in [5.74, 6) is 2.20. The highest BCUT2D eigenvalue weighted by atomic mass is 19.1. The van der Waals surface area contributed by atoms with E-state index >= 15 is 4.39 Å². The van der Waals surface area contributed by atoms with Gasteiger partial charge in [-0.15, -0.1) is 6.42 Å². The van der Waals surface area contributed by atoms with Crippen LogP contribution in [0.2, 0.25) is 0 Å². The van der Waals surface area contributed by atoms with Gasteiger partial charge in [-0.1, -0.05) is 96.9 Å². The minimum atomic E-state index is -2.26. The number of aromatic amines is 1. The van der Waals surface area contributed by atoms with Crippen molar-refractivity contribution < 1.29 is 19.1 Å². The second kappa shape index (κ2) is 10.9. The van der Waals surface area contributed by atoms with Gasteiger partial charge in [0.2, 0.25) is 11.6 Å². The first-order chi connectivity index (χ1) is 20.5. The number of terminal acetylenes is 1. The Hall–Kier alpha value is -4.82. The summed E-state index contributed by atoms with van der Waals surface area (Å²) in [4.78, 5) is 31.4. The molecule has 0 unspecified atom stereocenters. The van der Waals surface area contributed by atoms with E-state index in [4.69, 9.17) is 21.0 Å². The molecule has 6 rings (SSSR count). The quantitative estimate of drug-likeness (QED) is 0.166. The van der Waals surface area contributed by atoms with Gasteiger partial charge in [0.25, 0.3) is 5.56 Å². The summed E-state index contributed by atoms with van der Waals surface area (Å²) in [6, 6.07) is 29.1. The average Bonchev–Trinajstić information content (AvgIpc) is 3.62. The Bertz CT molecular complexity index is 1690. The van der Waals surface area contributed by atoms with Crippen molar-refractivity contribution in [1.82, 2.24) is 19.5 Å². The number of ether oxygens (including phenoxy) is 1. The van der Waals surface area contributed by atoms with Crippen molar-refractivity contribution in [3.63, 3.8) is 0 Å². The fourth-order valence-corrected chi connectivity index (χ4v) is 5.75.